The number of aryl methyl sites for hydroxylation is 1. The van der Waals surface area contributed by atoms with Gasteiger partial charge in [-0.25, -0.2) is 17.8 Å². The minimum absolute atomic E-state index is 0.0377. The number of carbonyl (C=O) groups excluding carboxylic acids is 5. The van der Waals surface area contributed by atoms with Crippen molar-refractivity contribution in [1.29, 1.82) is 0 Å². The van der Waals surface area contributed by atoms with Crippen LogP contribution in [0.15, 0.2) is 66.9 Å². The highest BCUT2D eigenvalue weighted by atomic mass is 32.2. The van der Waals surface area contributed by atoms with Gasteiger partial charge in [-0.15, -0.1) is 0 Å². The molecule has 5 N–H and O–H groups in total. The Morgan fingerprint density at radius 3 is 2.10 bits per heavy atom. The lowest BCUT2D eigenvalue weighted by Crippen LogP contribution is -2.54. The second-order valence-electron chi connectivity index (χ2n) is 18.1. The number of piperidine rings is 1. The van der Waals surface area contributed by atoms with Gasteiger partial charge in [0, 0.05) is 68.0 Å². The summed E-state index contributed by atoms with van der Waals surface area (Å²) in [5.74, 6) is -1.96. The number of piperazine rings is 1. The van der Waals surface area contributed by atoms with E-state index in [4.69, 9.17) is 18.9 Å². The SMILES string of the molecule is Cc1cnc(Nc2ccc(N3CCN(C(=O)CCOCCOCCOCCOCCNc4ccc5c(c4)C(=O)N(C4CCC(=O)NC4=O)C5=O)CC3)c(F)c2)nc1Nc1cccc(NS(=O)(=O)C(C)(C)C)c1. The predicted molar refractivity (Wildman–Crippen MR) is 267 cm³/mol. The summed E-state index contributed by atoms with van der Waals surface area (Å²) in [6.45, 7) is 11.7. The van der Waals surface area contributed by atoms with E-state index in [9.17, 15) is 32.4 Å². The van der Waals surface area contributed by atoms with Gasteiger partial charge >= 0.3 is 0 Å². The Labute approximate surface area is 417 Å². The maximum atomic E-state index is 15.5. The number of nitrogens with zero attached hydrogens (tertiary/aromatic N) is 5. The van der Waals surface area contributed by atoms with Crippen molar-refractivity contribution in [1.82, 2.24) is 25.1 Å². The molecule has 4 heterocycles. The predicted octanol–water partition coefficient (Wildman–Crippen LogP) is 4.57. The van der Waals surface area contributed by atoms with Crippen LogP contribution in [0.5, 0.6) is 0 Å². The van der Waals surface area contributed by atoms with Gasteiger partial charge in [0.1, 0.15) is 17.7 Å². The zero-order chi connectivity index (χ0) is 51.4. The molecule has 72 heavy (non-hydrogen) atoms. The summed E-state index contributed by atoms with van der Waals surface area (Å²) in [6.07, 6.45) is 1.99. The van der Waals surface area contributed by atoms with Gasteiger partial charge in [-0.3, -0.25) is 38.9 Å². The number of amides is 5. The van der Waals surface area contributed by atoms with Crippen molar-refractivity contribution >= 4 is 79.8 Å². The minimum Gasteiger partial charge on any atom is -0.383 e. The van der Waals surface area contributed by atoms with E-state index in [1.54, 1.807) is 86.5 Å². The van der Waals surface area contributed by atoms with Crippen LogP contribution in [-0.2, 0) is 43.4 Å². The molecule has 1 aromatic heterocycles. The molecule has 3 aliphatic rings. The first kappa shape index (κ1) is 53.0. The molecule has 4 aromatic rings. The van der Waals surface area contributed by atoms with E-state index in [-0.39, 0.29) is 48.9 Å². The highest BCUT2D eigenvalue weighted by Crippen LogP contribution is 2.31. The van der Waals surface area contributed by atoms with E-state index in [0.29, 0.717) is 113 Å². The number of ether oxygens (including phenoxy) is 4. The Bertz CT molecular complexity index is 2730. The largest absolute Gasteiger partial charge is 0.383 e. The molecule has 3 aliphatic heterocycles. The first-order chi connectivity index (χ1) is 34.5. The first-order valence-corrected chi connectivity index (χ1v) is 25.2. The van der Waals surface area contributed by atoms with Crippen molar-refractivity contribution in [2.45, 2.75) is 57.7 Å². The maximum absolute atomic E-state index is 15.5. The minimum atomic E-state index is -3.62. The Morgan fingerprint density at radius 2 is 1.42 bits per heavy atom. The third-order valence-corrected chi connectivity index (χ3v) is 14.0. The molecule has 0 aliphatic carbocycles. The van der Waals surface area contributed by atoms with Crippen LogP contribution in [0.3, 0.4) is 0 Å². The van der Waals surface area contributed by atoms with Gasteiger partial charge in [-0.1, -0.05) is 6.07 Å². The number of hydrogen-bond donors (Lipinski definition) is 5. The summed E-state index contributed by atoms with van der Waals surface area (Å²) in [5, 5.41) is 11.6. The lowest BCUT2D eigenvalue weighted by Gasteiger charge is -2.36. The van der Waals surface area contributed by atoms with Crippen LogP contribution in [0.25, 0.3) is 0 Å². The highest BCUT2D eigenvalue weighted by Gasteiger charge is 2.44. The Morgan fingerprint density at radius 1 is 0.778 bits per heavy atom. The molecule has 23 heteroatoms. The van der Waals surface area contributed by atoms with E-state index in [2.05, 4.69) is 36.0 Å². The van der Waals surface area contributed by atoms with Crippen molar-refractivity contribution in [3.05, 3.63) is 89.4 Å². The van der Waals surface area contributed by atoms with E-state index in [0.717, 1.165) is 10.5 Å². The van der Waals surface area contributed by atoms with Crippen LogP contribution in [0, 0.1) is 12.7 Å². The summed E-state index contributed by atoms with van der Waals surface area (Å²) < 4.78 is 64.8. The summed E-state index contributed by atoms with van der Waals surface area (Å²) in [5.41, 5.74) is 3.65. The van der Waals surface area contributed by atoms with Crippen LogP contribution in [-0.4, -0.2) is 154 Å². The fourth-order valence-electron chi connectivity index (χ4n) is 7.83. The molecule has 0 bridgehead atoms. The number of halogens is 1. The van der Waals surface area contributed by atoms with Crippen LogP contribution in [0.1, 0.15) is 66.3 Å². The maximum Gasteiger partial charge on any atom is 0.262 e. The second kappa shape index (κ2) is 24.1. The monoisotopic (exact) mass is 1020 g/mol. The average molecular weight is 1020 g/mol. The summed E-state index contributed by atoms with van der Waals surface area (Å²) in [4.78, 5) is 76.1. The van der Waals surface area contributed by atoms with Gasteiger partial charge in [-0.2, -0.15) is 4.98 Å². The number of nitrogens with one attached hydrogen (secondary N) is 5. The van der Waals surface area contributed by atoms with E-state index >= 15 is 4.39 Å². The average Bonchev–Trinajstić information content (AvgIpc) is 3.58. The molecular weight excluding hydrogens is 956 g/mol. The number of benzene rings is 3. The zero-order valence-corrected chi connectivity index (χ0v) is 41.6. The van der Waals surface area contributed by atoms with Gasteiger partial charge in [0.15, 0.2) is 0 Å². The van der Waals surface area contributed by atoms with Crippen molar-refractivity contribution in [3.63, 3.8) is 0 Å². The lowest BCUT2D eigenvalue weighted by molar-refractivity contribution is -0.136. The van der Waals surface area contributed by atoms with Gasteiger partial charge in [0.05, 0.1) is 86.5 Å². The molecule has 0 radical (unpaired) electrons. The lowest BCUT2D eigenvalue weighted by atomic mass is 10.0. The molecule has 1 unspecified atom stereocenters. The number of imide groups is 2. The van der Waals surface area contributed by atoms with E-state index in [1.807, 2.05) is 11.8 Å². The Kier molecular flexibility index (Phi) is 17.7. The van der Waals surface area contributed by atoms with E-state index in [1.165, 1.54) is 6.07 Å². The van der Waals surface area contributed by atoms with Gasteiger partial charge in [-0.05, 0) is 88.7 Å². The van der Waals surface area contributed by atoms with Crippen LogP contribution in [0.2, 0.25) is 0 Å². The molecule has 2 fully saturated rings. The second-order valence-corrected chi connectivity index (χ2v) is 20.6. The third-order valence-electron chi connectivity index (χ3n) is 11.9. The van der Waals surface area contributed by atoms with Gasteiger partial charge < -0.3 is 44.7 Å². The third kappa shape index (κ3) is 13.8. The van der Waals surface area contributed by atoms with E-state index < -0.39 is 50.3 Å². The van der Waals surface area contributed by atoms with Crippen molar-refractivity contribution in [2.75, 3.05) is 111 Å². The first-order valence-electron chi connectivity index (χ1n) is 23.7. The molecule has 2 saturated heterocycles. The summed E-state index contributed by atoms with van der Waals surface area (Å²) in [6, 6.07) is 15.4. The molecule has 0 spiro atoms. The smallest absolute Gasteiger partial charge is 0.262 e. The molecule has 0 saturated carbocycles. The molecule has 1 atom stereocenters. The fourth-order valence-corrected chi connectivity index (χ4v) is 8.57. The number of carbonyl (C=O) groups is 5. The van der Waals surface area contributed by atoms with Crippen molar-refractivity contribution in [2.24, 2.45) is 0 Å². The van der Waals surface area contributed by atoms with Gasteiger partial charge in [0.2, 0.25) is 33.7 Å². The normalized spacial score (nSPS) is 16.2. The Hall–Kier alpha value is -6.79. The number of fused-ring (bicyclic) bond motifs is 1. The van der Waals surface area contributed by atoms with Crippen LogP contribution >= 0.6 is 0 Å². The van der Waals surface area contributed by atoms with Crippen molar-refractivity contribution < 1.29 is 55.7 Å². The number of aromatic nitrogens is 2. The van der Waals surface area contributed by atoms with Crippen LogP contribution < -0.4 is 30.9 Å². The molecule has 3 aromatic carbocycles. The molecule has 386 valence electrons. The zero-order valence-electron chi connectivity index (χ0n) is 40.8. The number of anilines is 7. The fraction of sp³-hybridized carbons (Fsp3) is 0.449. The molecular formula is C49H61FN10O11S. The molecule has 5 amide bonds. The Balaban J connectivity index is 0.708. The highest BCUT2D eigenvalue weighted by molar-refractivity contribution is 7.94. The number of sulfonamides is 1. The molecule has 7 rings (SSSR count). The van der Waals surface area contributed by atoms with Gasteiger partial charge in [0.25, 0.3) is 11.8 Å². The number of rotatable bonds is 24. The topological polar surface area (TPSA) is 252 Å². The summed E-state index contributed by atoms with van der Waals surface area (Å²) >= 11 is 0. The summed E-state index contributed by atoms with van der Waals surface area (Å²) in [7, 11) is -3.62. The standard InChI is InChI=1S/C49H61FN10O11S/c1-32-31-52-48(56-44(32)53-34-6-5-7-36(28-34)57-72(66,67)49(2,3)4)54-35-9-11-40(39(50)30-35)58-16-18-59(19-17-58)43(62)14-20-68-22-24-70-26-27-71-25-23-69-21-15-51-33-8-10-37-38(29-33)47(65)60(46(37)64)41-12-13-42(61)55-45(41)63/h5-11,28-31,41,51,57H,12-27H2,1-4H3,(H,55,61,63)(H2,52,53,54,56). The quantitative estimate of drug-likeness (QED) is 0.0476. The van der Waals surface area contributed by atoms with Crippen LogP contribution in [0.4, 0.5) is 44.6 Å². The molecule has 21 nitrogen and oxygen atoms in total. The number of hydrogen-bond acceptors (Lipinski definition) is 17. The van der Waals surface area contributed by atoms with Crippen molar-refractivity contribution in [3.8, 4) is 0 Å².